The van der Waals surface area contributed by atoms with Gasteiger partial charge in [-0.3, -0.25) is 14.4 Å². The summed E-state index contributed by atoms with van der Waals surface area (Å²) in [5.74, 6) is -2.14. The van der Waals surface area contributed by atoms with E-state index in [2.05, 4.69) is 4.74 Å². The molecule has 23 heavy (non-hydrogen) atoms. The van der Waals surface area contributed by atoms with Crippen molar-refractivity contribution >= 4 is 17.7 Å². The third-order valence-corrected chi connectivity index (χ3v) is 2.78. The van der Waals surface area contributed by atoms with E-state index in [0.717, 1.165) is 5.56 Å². The normalized spacial score (nSPS) is 11.0. The van der Waals surface area contributed by atoms with Crippen LogP contribution in [-0.2, 0) is 14.3 Å². The first-order valence-electron chi connectivity index (χ1n) is 6.76. The molecule has 0 unspecified atom stereocenters. The Morgan fingerprint density at radius 2 is 1.70 bits per heavy atom. The second-order valence-corrected chi connectivity index (χ2v) is 4.84. The van der Waals surface area contributed by atoms with Crippen LogP contribution in [0.25, 0.3) is 0 Å². The summed E-state index contributed by atoms with van der Waals surface area (Å²) in [5, 5.41) is 1.57. The van der Waals surface area contributed by atoms with Crippen molar-refractivity contribution in [3.8, 4) is 0 Å². The second kappa shape index (κ2) is 8.30. The lowest BCUT2D eigenvalue weighted by atomic mass is 10.1. The van der Waals surface area contributed by atoms with Crippen LogP contribution in [0.2, 0.25) is 0 Å². The number of halogens is 3. The number of ether oxygens (including phenoxy) is 1. The number of carbonyl (C=O) groups is 3. The molecule has 8 heteroatoms. The van der Waals surface area contributed by atoms with Gasteiger partial charge in [-0.15, -0.1) is 0 Å². The summed E-state index contributed by atoms with van der Waals surface area (Å²) in [6.07, 6.45) is -4.88. The monoisotopic (exact) mass is 331 g/mol. The van der Waals surface area contributed by atoms with Crippen LogP contribution in [0.4, 0.5) is 13.2 Å². The standard InChI is InChI=1S/C15H16F3NO4/c1-10-2-4-11(5-3-10)12(20)6-7-14(22)23-8-13(21)19-9-15(16,17)18/h2-5H,6-9H2,1H3,(H,19,21). The van der Waals surface area contributed by atoms with E-state index in [1.807, 2.05) is 6.92 Å². The molecule has 0 radical (unpaired) electrons. The van der Waals surface area contributed by atoms with E-state index < -0.39 is 31.2 Å². The van der Waals surface area contributed by atoms with Crippen LogP contribution in [0, 0.1) is 6.92 Å². The zero-order chi connectivity index (χ0) is 17.5. The quantitative estimate of drug-likeness (QED) is 0.614. The fraction of sp³-hybridized carbons (Fsp3) is 0.400. The molecule has 0 fully saturated rings. The number of nitrogens with one attached hydrogen (secondary N) is 1. The van der Waals surface area contributed by atoms with Crippen molar-refractivity contribution in [2.75, 3.05) is 13.2 Å². The average molecular weight is 331 g/mol. The topological polar surface area (TPSA) is 72.5 Å². The Kier molecular flexibility index (Phi) is 6.74. The molecule has 1 aromatic carbocycles. The number of hydrogen-bond donors (Lipinski definition) is 1. The van der Waals surface area contributed by atoms with Crippen molar-refractivity contribution in [1.82, 2.24) is 5.32 Å². The predicted molar refractivity (Wildman–Crippen MR) is 74.8 cm³/mol. The summed E-state index contributed by atoms with van der Waals surface area (Å²) >= 11 is 0. The highest BCUT2D eigenvalue weighted by molar-refractivity contribution is 5.97. The van der Waals surface area contributed by atoms with Gasteiger partial charge in [-0.25, -0.2) is 0 Å². The van der Waals surface area contributed by atoms with Gasteiger partial charge in [-0.1, -0.05) is 29.8 Å². The molecule has 1 amide bonds. The summed E-state index contributed by atoms with van der Waals surface area (Å²) in [6, 6.07) is 6.79. The van der Waals surface area contributed by atoms with Gasteiger partial charge in [0, 0.05) is 12.0 Å². The van der Waals surface area contributed by atoms with Crippen LogP contribution in [0.1, 0.15) is 28.8 Å². The minimum absolute atomic E-state index is 0.105. The van der Waals surface area contributed by atoms with Crippen molar-refractivity contribution in [1.29, 1.82) is 0 Å². The summed E-state index contributed by atoms with van der Waals surface area (Å²) in [7, 11) is 0. The highest BCUT2D eigenvalue weighted by atomic mass is 19.4. The third-order valence-electron chi connectivity index (χ3n) is 2.78. The summed E-state index contributed by atoms with van der Waals surface area (Å²) in [4.78, 5) is 34.2. The third kappa shape index (κ3) is 7.98. The smallest absolute Gasteiger partial charge is 0.405 e. The van der Waals surface area contributed by atoms with Gasteiger partial charge in [-0.2, -0.15) is 13.2 Å². The van der Waals surface area contributed by atoms with Gasteiger partial charge in [0.2, 0.25) is 0 Å². The lowest BCUT2D eigenvalue weighted by molar-refractivity contribution is -0.151. The zero-order valence-electron chi connectivity index (χ0n) is 12.4. The fourth-order valence-electron chi connectivity index (χ4n) is 1.57. The van der Waals surface area contributed by atoms with E-state index in [0.29, 0.717) is 5.56 Å². The average Bonchev–Trinajstić information content (AvgIpc) is 2.48. The van der Waals surface area contributed by atoms with E-state index in [1.54, 1.807) is 29.6 Å². The van der Waals surface area contributed by atoms with Gasteiger partial charge < -0.3 is 10.1 Å². The van der Waals surface area contributed by atoms with E-state index in [9.17, 15) is 27.6 Å². The molecule has 126 valence electrons. The minimum Gasteiger partial charge on any atom is -0.456 e. The van der Waals surface area contributed by atoms with Crippen LogP contribution in [-0.4, -0.2) is 37.0 Å². The first-order chi connectivity index (χ1) is 10.7. The highest BCUT2D eigenvalue weighted by Gasteiger charge is 2.27. The molecule has 0 aliphatic carbocycles. The maximum atomic E-state index is 11.9. The van der Waals surface area contributed by atoms with Crippen LogP contribution in [0.5, 0.6) is 0 Å². The molecular weight excluding hydrogens is 315 g/mol. The number of hydrogen-bond acceptors (Lipinski definition) is 4. The maximum Gasteiger partial charge on any atom is 0.405 e. The number of aryl methyl sites for hydroxylation is 1. The van der Waals surface area contributed by atoms with Crippen molar-refractivity contribution in [3.63, 3.8) is 0 Å². The van der Waals surface area contributed by atoms with Crippen molar-refractivity contribution < 1.29 is 32.3 Å². The summed E-state index contributed by atoms with van der Waals surface area (Å²) in [6.45, 7) is -0.432. The van der Waals surface area contributed by atoms with Crippen molar-refractivity contribution in [2.24, 2.45) is 0 Å². The Morgan fingerprint density at radius 3 is 2.26 bits per heavy atom. The molecule has 0 aliphatic rings. The van der Waals surface area contributed by atoms with Gasteiger partial charge in [0.1, 0.15) is 6.54 Å². The first-order valence-corrected chi connectivity index (χ1v) is 6.76. The molecule has 0 atom stereocenters. The lowest BCUT2D eigenvalue weighted by Crippen LogP contribution is -2.36. The lowest BCUT2D eigenvalue weighted by Gasteiger charge is -2.08. The fourth-order valence-corrected chi connectivity index (χ4v) is 1.57. The molecule has 5 nitrogen and oxygen atoms in total. The van der Waals surface area contributed by atoms with Crippen LogP contribution < -0.4 is 5.32 Å². The Labute approximate surface area is 130 Å². The molecule has 0 spiro atoms. The highest BCUT2D eigenvalue weighted by Crippen LogP contribution is 2.12. The minimum atomic E-state index is -4.53. The van der Waals surface area contributed by atoms with Gasteiger partial charge in [-0.05, 0) is 6.92 Å². The summed E-state index contributed by atoms with van der Waals surface area (Å²) in [5.41, 5.74) is 1.44. The van der Waals surface area contributed by atoms with Gasteiger partial charge in [0.15, 0.2) is 12.4 Å². The van der Waals surface area contributed by atoms with E-state index in [-0.39, 0.29) is 18.6 Å². The number of alkyl halides is 3. The summed E-state index contributed by atoms with van der Waals surface area (Å²) < 4.78 is 40.1. The number of esters is 1. The van der Waals surface area contributed by atoms with Crippen LogP contribution >= 0.6 is 0 Å². The van der Waals surface area contributed by atoms with E-state index >= 15 is 0 Å². The molecular formula is C15H16F3NO4. The molecule has 1 N–H and O–H groups in total. The molecule has 1 rings (SSSR count). The Hall–Kier alpha value is -2.38. The van der Waals surface area contributed by atoms with Gasteiger partial charge >= 0.3 is 12.1 Å². The Bertz CT molecular complexity index is 567. The number of ketones is 1. The molecule has 1 aromatic rings. The van der Waals surface area contributed by atoms with E-state index in [4.69, 9.17) is 0 Å². The molecule has 0 heterocycles. The zero-order valence-corrected chi connectivity index (χ0v) is 12.4. The number of carbonyl (C=O) groups excluding carboxylic acids is 3. The molecule has 0 saturated heterocycles. The second-order valence-electron chi connectivity index (χ2n) is 4.84. The van der Waals surface area contributed by atoms with Crippen LogP contribution in [0.15, 0.2) is 24.3 Å². The number of rotatable bonds is 7. The number of Topliss-reactive ketones (excluding diaryl/α,β-unsaturated/α-hetero) is 1. The number of amides is 1. The number of benzene rings is 1. The molecule has 0 bridgehead atoms. The molecule has 0 saturated carbocycles. The predicted octanol–water partition coefficient (Wildman–Crippen LogP) is 2.18. The maximum absolute atomic E-state index is 11.9. The Balaban J connectivity index is 2.27. The van der Waals surface area contributed by atoms with Gasteiger partial charge in [0.05, 0.1) is 6.42 Å². The molecule has 0 aliphatic heterocycles. The largest absolute Gasteiger partial charge is 0.456 e. The van der Waals surface area contributed by atoms with Crippen LogP contribution in [0.3, 0.4) is 0 Å². The first kappa shape index (κ1) is 18.7. The van der Waals surface area contributed by atoms with Crippen molar-refractivity contribution in [3.05, 3.63) is 35.4 Å². The van der Waals surface area contributed by atoms with Gasteiger partial charge in [0.25, 0.3) is 5.91 Å². The Morgan fingerprint density at radius 1 is 1.09 bits per heavy atom. The molecule has 0 aromatic heterocycles. The SMILES string of the molecule is Cc1ccc(C(=O)CCC(=O)OCC(=O)NCC(F)(F)F)cc1. The van der Waals surface area contributed by atoms with E-state index in [1.165, 1.54) is 0 Å². The van der Waals surface area contributed by atoms with Crippen molar-refractivity contribution in [2.45, 2.75) is 25.9 Å².